The zero-order chi connectivity index (χ0) is 15.0. The number of aliphatic imine (C=N–C) groups is 1. The number of halogens is 1. The van der Waals surface area contributed by atoms with Crippen LogP contribution in [0.4, 0.5) is 0 Å². The molecule has 7 heteroatoms. The molecule has 3 aliphatic heterocycles. The minimum atomic E-state index is 0. The first kappa shape index (κ1) is 17.8. The number of nitrogens with zero attached hydrogens (tertiary/aromatic N) is 2. The summed E-state index contributed by atoms with van der Waals surface area (Å²) in [6, 6.07) is 0.167. The Bertz CT molecular complexity index is 425. The van der Waals surface area contributed by atoms with Crippen molar-refractivity contribution in [3.63, 3.8) is 0 Å². The SMILES string of the molecule is CN=C(NCC(=O)NC(C)C)N1CC2C3CCC(O3)C2C1.I. The van der Waals surface area contributed by atoms with Gasteiger partial charge in [0.05, 0.1) is 18.8 Å². The van der Waals surface area contributed by atoms with Crippen LogP contribution in [0.3, 0.4) is 0 Å². The summed E-state index contributed by atoms with van der Waals surface area (Å²) in [6.07, 6.45) is 3.32. The van der Waals surface area contributed by atoms with Crippen LogP contribution in [-0.4, -0.2) is 61.7 Å². The molecule has 3 rings (SSSR count). The molecule has 4 atom stereocenters. The molecular formula is C15H27IN4O2. The van der Waals surface area contributed by atoms with E-state index in [1.165, 1.54) is 12.8 Å². The fourth-order valence-corrected chi connectivity index (χ4v) is 4.00. The second kappa shape index (κ2) is 7.33. The molecule has 22 heavy (non-hydrogen) atoms. The second-order valence-electron chi connectivity index (χ2n) is 6.65. The zero-order valence-electron chi connectivity index (χ0n) is 13.5. The van der Waals surface area contributed by atoms with Crippen LogP contribution in [0.5, 0.6) is 0 Å². The van der Waals surface area contributed by atoms with Gasteiger partial charge in [-0.1, -0.05) is 0 Å². The molecule has 0 aliphatic carbocycles. The number of likely N-dealkylation sites (tertiary alicyclic amines) is 1. The molecule has 3 fully saturated rings. The van der Waals surface area contributed by atoms with Crippen LogP contribution in [0.2, 0.25) is 0 Å². The number of hydrogen-bond acceptors (Lipinski definition) is 3. The first-order chi connectivity index (χ1) is 10.1. The highest BCUT2D eigenvalue weighted by atomic mass is 127. The maximum Gasteiger partial charge on any atom is 0.239 e. The summed E-state index contributed by atoms with van der Waals surface area (Å²) in [5.74, 6) is 2.13. The van der Waals surface area contributed by atoms with E-state index in [-0.39, 0.29) is 42.5 Å². The van der Waals surface area contributed by atoms with Crippen molar-refractivity contribution < 1.29 is 9.53 Å². The third kappa shape index (κ3) is 3.50. The fourth-order valence-electron chi connectivity index (χ4n) is 4.00. The Morgan fingerprint density at radius 3 is 2.36 bits per heavy atom. The van der Waals surface area contributed by atoms with Gasteiger partial charge in [0.15, 0.2) is 5.96 Å². The summed E-state index contributed by atoms with van der Waals surface area (Å²) in [7, 11) is 1.78. The summed E-state index contributed by atoms with van der Waals surface area (Å²) in [5.41, 5.74) is 0. The van der Waals surface area contributed by atoms with Crippen molar-refractivity contribution in [1.82, 2.24) is 15.5 Å². The van der Waals surface area contributed by atoms with Gasteiger partial charge in [-0.05, 0) is 26.7 Å². The quantitative estimate of drug-likeness (QED) is 0.402. The maximum atomic E-state index is 11.7. The Balaban J connectivity index is 0.00000176. The molecule has 0 aromatic carbocycles. The van der Waals surface area contributed by atoms with Gasteiger partial charge < -0.3 is 20.3 Å². The van der Waals surface area contributed by atoms with E-state index in [0.29, 0.717) is 24.0 Å². The Morgan fingerprint density at radius 2 is 1.86 bits per heavy atom. The lowest BCUT2D eigenvalue weighted by molar-refractivity contribution is -0.120. The van der Waals surface area contributed by atoms with Gasteiger partial charge in [0.1, 0.15) is 0 Å². The normalized spacial score (nSPS) is 32.9. The summed E-state index contributed by atoms with van der Waals surface area (Å²) >= 11 is 0. The standard InChI is InChI=1S/C15H26N4O2.HI/c1-9(2)18-14(20)6-17-15(16-3)19-7-10-11(8-19)13-5-4-12(10)21-13;/h9-13H,4-8H2,1-3H3,(H,16,17)(H,18,20);1H. The highest BCUT2D eigenvalue weighted by Crippen LogP contribution is 2.47. The van der Waals surface area contributed by atoms with E-state index in [0.717, 1.165) is 19.0 Å². The van der Waals surface area contributed by atoms with Gasteiger partial charge in [-0.3, -0.25) is 9.79 Å². The summed E-state index contributed by atoms with van der Waals surface area (Å²) in [4.78, 5) is 18.3. The molecule has 2 N–H and O–H groups in total. The average molecular weight is 422 g/mol. The van der Waals surface area contributed by atoms with Crippen LogP contribution in [0.15, 0.2) is 4.99 Å². The topological polar surface area (TPSA) is 66.0 Å². The second-order valence-corrected chi connectivity index (χ2v) is 6.65. The molecule has 6 nitrogen and oxygen atoms in total. The fraction of sp³-hybridized carbons (Fsp3) is 0.867. The number of hydrogen-bond donors (Lipinski definition) is 2. The van der Waals surface area contributed by atoms with Gasteiger partial charge in [-0.25, -0.2) is 0 Å². The number of amides is 1. The Morgan fingerprint density at radius 1 is 1.27 bits per heavy atom. The highest BCUT2D eigenvalue weighted by Gasteiger charge is 2.53. The molecule has 0 aromatic rings. The average Bonchev–Trinajstić information content (AvgIpc) is 3.10. The lowest BCUT2D eigenvalue weighted by atomic mass is 9.82. The van der Waals surface area contributed by atoms with Crippen molar-refractivity contribution in [3.8, 4) is 0 Å². The minimum absolute atomic E-state index is 0. The van der Waals surface area contributed by atoms with Crippen molar-refractivity contribution >= 4 is 35.8 Å². The number of ether oxygens (including phenoxy) is 1. The predicted molar refractivity (Wildman–Crippen MR) is 96.5 cm³/mol. The highest BCUT2D eigenvalue weighted by molar-refractivity contribution is 14.0. The molecule has 0 radical (unpaired) electrons. The first-order valence-corrected chi connectivity index (χ1v) is 7.99. The molecule has 0 aromatic heterocycles. The van der Waals surface area contributed by atoms with Crippen molar-refractivity contribution in [2.24, 2.45) is 16.8 Å². The smallest absolute Gasteiger partial charge is 0.239 e. The number of nitrogens with one attached hydrogen (secondary N) is 2. The lowest BCUT2D eigenvalue weighted by Crippen LogP contribution is -2.46. The molecule has 3 saturated heterocycles. The third-order valence-electron chi connectivity index (χ3n) is 4.82. The molecule has 0 spiro atoms. The van der Waals surface area contributed by atoms with Crippen molar-refractivity contribution in [2.75, 3.05) is 26.7 Å². The molecular weight excluding hydrogens is 395 g/mol. The first-order valence-electron chi connectivity index (χ1n) is 7.99. The van der Waals surface area contributed by atoms with E-state index in [9.17, 15) is 4.79 Å². The molecule has 3 heterocycles. The molecule has 0 saturated carbocycles. The largest absolute Gasteiger partial charge is 0.374 e. The maximum absolute atomic E-state index is 11.7. The molecule has 2 bridgehead atoms. The Hall–Kier alpha value is -0.570. The molecule has 3 aliphatic rings. The number of rotatable bonds is 3. The lowest BCUT2D eigenvalue weighted by Gasteiger charge is -2.23. The van der Waals surface area contributed by atoms with Crippen molar-refractivity contribution in [2.45, 2.75) is 44.9 Å². The van der Waals surface area contributed by atoms with E-state index in [1.54, 1.807) is 7.05 Å². The van der Waals surface area contributed by atoms with Gasteiger partial charge in [0.2, 0.25) is 5.91 Å². The van der Waals surface area contributed by atoms with Gasteiger partial charge in [-0.2, -0.15) is 0 Å². The van der Waals surface area contributed by atoms with Gasteiger partial charge in [0.25, 0.3) is 0 Å². The Kier molecular flexibility index (Phi) is 5.93. The van der Waals surface area contributed by atoms with E-state index in [4.69, 9.17) is 4.74 Å². The van der Waals surface area contributed by atoms with Crippen molar-refractivity contribution in [1.29, 1.82) is 0 Å². The molecule has 4 unspecified atom stereocenters. The van der Waals surface area contributed by atoms with Crippen LogP contribution in [0.25, 0.3) is 0 Å². The van der Waals surface area contributed by atoms with Crippen LogP contribution in [-0.2, 0) is 9.53 Å². The van der Waals surface area contributed by atoms with Crippen LogP contribution in [0.1, 0.15) is 26.7 Å². The number of carbonyl (C=O) groups excluding carboxylic acids is 1. The van der Waals surface area contributed by atoms with E-state index >= 15 is 0 Å². The molecule has 1 amide bonds. The molecule has 126 valence electrons. The minimum Gasteiger partial charge on any atom is -0.374 e. The van der Waals surface area contributed by atoms with Gasteiger partial charge in [-0.15, -0.1) is 24.0 Å². The van der Waals surface area contributed by atoms with E-state index in [1.807, 2.05) is 13.8 Å². The summed E-state index contributed by atoms with van der Waals surface area (Å²) in [5, 5.41) is 6.06. The summed E-state index contributed by atoms with van der Waals surface area (Å²) < 4.78 is 5.99. The zero-order valence-corrected chi connectivity index (χ0v) is 15.9. The monoisotopic (exact) mass is 422 g/mol. The number of fused-ring (bicyclic) bond motifs is 5. The van der Waals surface area contributed by atoms with Crippen molar-refractivity contribution in [3.05, 3.63) is 0 Å². The van der Waals surface area contributed by atoms with E-state index < -0.39 is 0 Å². The van der Waals surface area contributed by atoms with Crippen LogP contribution >= 0.6 is 24.0 Å². The number of guanidine groups is 1. The van der Waals surface area contributed by atoms with Gasteiger partial charge in [0, 0.05) is 38.0 Å². The third-order valence-corrected chi connectivity index (χ3v) is 4.82. The van der Waals surface area contributed by atoms with Crippen LogP contribution < -0.4 is 10.6 Å². The van der Waals surface area contributed by atoms with Crippen LogP contribution in [0, 0.1) is 11.8 Å². The number of carbonyl (C=O) groups is 1. The van der Waals surface area contributed by atoms with Gasteiger partial charge >= 0.3 is 0 Å². The van der Waals surface area contributed by atoms with E-state index in [2.05, 4.69) is 20.5 Å². The Labute approximate surface area is 149 Å². The predicted octanol–water partition coefficient (Wildman–Crippen LogP) is 0.814. The summed E-state index contributed by atoms with van der Waals surface area (Å²) in [6.45, 7) is 6.20.